The van der Waals surface area contributed by atoms with Crippen molar-refractivity contribution in [3.63, 3.8) is 0 Å². The van der Waals surface area contributed by atoms with Crippen LogP contribution in [0.4, 0.5) is 11.6 Å². The molecule has 122 valence electrons. The van der Waals surface area contributed by atoms with Gasteiger partial charge in [0.2, 0.25) is 11.9 Å². The van der Waals surface area contributed by atoms with E-state index in [0.29, 0.717) is 16.9 Å². The van der Waals surface area contributed by atoms with E-state index in [1.54, 1.807) is 30.5 Å². The molecular weight excluding hydrogens is 316 g/mol. The zero-order chi connectivity index (χ0) is 17.2. The quantitative estimate of drug-likeness (QED) is 0.757. The van der Waals surface area contributed by atoms with E-state index < -0.39 is 0 Å². The molecule has 0 bridgehead atoms. The van der Waals surface area contributed by atoms with Crippen molar-refractivity contribution in [2.45, 2.75) is 6.42 Å². The number of hydrogen-bond acceptors (Lipinski definition) is 4. The Morgan fingerprint density at radius 1 is 1.04 bits per heavy atom. The van der Waals surface area contributed by atoms with Crippen LogP contribution in [0, 0.1) is 0 Å². The second kappa shape index (κ2) is 6.16. The van der Waals surface area contributed by atoms with Gasteiger partial charge in [-0.25, -0.2) is 9.97 Å². The lowest BCUT2D eigenvalue weighted by atomic mass is 10.1. The summed E-state index contributed by atoms with van der Waals surface area (Å²) in [6.07, 6.45) is 1.78. The number of carbonyl (C=O) groups excluding carboxylic acids is 2. The van der Waals surface area contributed by atoms with Crippen molar-refractivity contribution in [1.82, 2.24) is 9.97 Å². The summed E-state index contributed by atoms with van der Waals surface area (Å²) in [6.45, 7) is 0. The first-order chi connectivity index (χ1) is 12.2. The minimum atomic E-state index is -0.281. The summed E-state index contributed by atoms with van der Waals surface area (Å²) in [4.78, 5) is 33.0. The van der Waals surface area contributed by atoms with E-state index in [1.165, 1.54) is 0 Å². The van der Waals surface area contributed by atoms with E-state index in [2.05, 4.69) is 20.6 Å². The zero-order valence-corrected chi connectivity index (χ0v) is 13.2. The molecule has 0 unspecified atom stereocenters. The highest BCUT2D eigenvalue weighted by molar-refractivity contribution is 6.04. The van der Waals surface area contributed by atoms with Gasteiger partial charge in [0.25, 0.3) is 5.91 Å². The fourth-order valence-electron chi connectivity index (χ4n) is 2.76. The van der Waals surface area contributed by atoms with Crippen molar-refractivity contribution >= 4 is 23.5 Å². The molecule has 4 rings (SSSR count). The van der Waals surface area contributed by atoms with Gasteiger partial charge in [0.1, 0.15) is 0 Å². The van der Waals surface area contributed by atoms with Crippen LogP contribution in [-0.4, -0.2) is 21.8 Å². The first-order valence-electron chi connectivity index (χ1n) is 7.82. The van der Waals surface area contributed by atoms with E-state index in [0.717, 1.165) is 11.1 Å². The predicted octanol–water partition coefficient (Wildman–Crippen LogP) is 2.89. The molecule has 2 N–H and O–H groups in total. The van der Waals surface area contributed by atoms with Gasteiger partial charge in [0.05, 0.1) is 17.8 Å². The molecule has 2 amide bonds. The van der Waals surface area contributed by atoms with E-state index in [-0.39, 0.29) is 24.2 Å². The van der Waals surface area contributed by atoms with E-state index in [1.807, 2.05) is 30.3 Å². The summed E-state index contributed by atoms with van der Waals surface area (Å²) in [5.74, 6) is -0.190. The summed E-state index contributed by atoms with van der Waals surface area (Å²) in [6, 6.07) is 16.3. The van der Waals surface area contributed by atoms with Crippen molar-refractivity contribution in [3.8, 4) is 11.3 Å². The van der Waals surface area contributed by atoms with Crippen molar-refractivity contribution in [2.24, 2.45) is 0 Å². The number of rotatable bonds is 2. The van der Waals surface area contributed by atoms with Crippen LogP contribution >= 0.6 is 0 Å². The van der Waals surface area contributed by atoms with Crippen LogP contribution in [0.15, 0.2) is 60.8 Å². The molecule has 0 aliphatic carbocycles. The van der Waals surface area contributed by atoms with Crippen LogP contribution in [0.25, 0.3) is 11.3 Å². The number of aromatic nitrogens is 2. The minimum Gasteiger partial charge on any atom is -0.325 e. The topological polar surface area (TPSA) is 84.0 Å². The van der Waals surface area contributed by atoms with Gasteiger partial charge in [-0.3, -0.25) is 14.9 Å². The monoisotopic (exact) mass is 330 g/mol. The summed E-state index contributed by atoms with van der Waals surface area (Å²) >= 11 is 0. The van der Waals surface area contributed by atoms with Crippen LogP contribution in [0.2, 0.25) is 0 Å². The number of benzene rings is 2. The molecule has 0 atom stereocenters. The minimum absolute atomic E-state index is 0.115. The van der Waals surface area contributed by atoms with Gasteiger partial charge < -0.3 is 5.32 Å². The Bertz CT molecular complexity index is 970. The number of para-hydroxylation sites is 1. The Morgan fingerprint density at radius 2 is 1.80 bits per heavy atom. The standard InChI is InChI=1S/C19H14N4O2/c24-16-10-13-11-20-19(23-18(25)12-6-2-1-3-7-12)22-17(13)14-8-4-5-9-15(14)21-16/h1-9,11H,10H2,(H,21,24)(H,20,22,23,25). The largest absolute Gasteiger partial charge is 0.325 e. The van der Waals surface area contributed by atoms with Gasteiger partial charge >= 0.3 is 0 Å². The maximum absolute atomic E-state index is 12.3. The third-order valence-electron chi connectivity index (χ3n) is 3.93. The number of carbonyl (C=O) groups is 2. The molecule has 2 aromatic carbocycles. The summed E-state index contributed by atoms with van der Waals surface area (Å²) in [5.41, 5.74) is 3.40. The average molecular weight is 330 g/mol. The number of hydrogen-bond donors (Lipinski definition) is 2. The van der Waals surface area contributed by atoms with Gasteiger partial charge in [-0.05, 0) is 18.2 Å². The lowest BCUT2D eigenvalue weighted by molar-refractivity contribution is -0.115. The van der Waals surface area contributed by atoms with Crippen molar-refractivity contribution < 1.29 is 9.59 Å². The highest BCUT2D eigenvalue weighted by atomic mass is 16.2. The normalized spacial score (nSPS) is 12.4. The summed E-state index contributed by atoms with van der Waals surface area (Å²) in [7, 11) is 0. The molecule has 1 aliphatic heterocycles. The molecule has 6 nitrogen and oxygen atoms in total. The van der Waals surface area contributed by atoms with Gasteiger partial charge in [-0.15, -0.1) is 0 Å². The number of amides is 2. The highest BCUT2D eigenvalue weighted by Gasteiger charge is 2.21. The number of nitrogens with zero attached hydrogens (tertiary/aromatic N) is 2. The van der Waals surface area contributed by atoms with Crippen LogP contribution in [0.1, 0.15) is 15.9 Å². The summed E-state index contributed by atoms with van der Waals surface area (Å²) < 4.78 is 0. The van der Waals surface area contributed by atoms with Gasteiger partial charge in [-0.2, -0.15) is 0 Å². The Balaban J connectivity index is 1.72. The Labute approximate surface area is 143 Å². The van der Waals surface area contributed by atoms with E-state index in [9.17, 15) is 9.59 Å². The lowest BCUT2D eigenvalue weighted by Gasteiger charge is -2.09. The maximum atomic E-state index is 12.3. The van der Waals surface area contributed by atoms with E-state index >= 15 is 0 Å². The molecule has 0 radical (unpaired) electrons. The van der Waals surface area contributed by atoms with Gasteiger partial charge in [-0.1, -0.05) is 36.4 Å². The summed E-state index contributed by atoms with van der Waals surface area (Å²) in [5, 5.41) is 5.57. The van der Waals surface area contributed by atoms with Crippen molar-refractivity contribution in [1.29, 1.82) is 0 Å². The number of fused-ring (bicyclic) bond motifs is 3. The molecule has 2 heterocycles. The Hall–Kier alpha value is -3.54. The Morgan fingerprint density at radius 3 is 2.64 bits per heavy atom. The Kier molecular flexibility index (Phi) is 3.70. The number of anilines is 2. The first kappa shape index (κ1) is 15.0. The molecule has 25 heavy (non-hydrogen) atoms. The second-order valence-corrected chi connectivity index (χ2v) is 5.66. The van der Waals surface area contributed by atoms with Crippen LogP contribution in [0.5, 0.6) is 0 Å². The fraction of sp³-hybridized carbons (Fsp3) is 0.0526. The molecule has 3 aromatic rings. The van der Waals surface area contributed by atoms with Crippen molar-refractivity contribution in [2.75, 3.05) is 10.6 Å². The van der Waals surface area contributed by atoms with Crippen LogP contribution in [0.3, 0.4) is 0 Å². The predicted molar refractivity (Wildman–Crippen MR) is 94.2 cm³/mol. The molecule has 0 saturated heterocycles. The molecule has 1 aliphatic rings. The third kappa shape index (κ3) is 2.97. The molecule has 1 aromatic heterocycles. The maximum Gasteiger partial charge on any atom is 0.258 e. The van der Waals surface area contributed by atoms with E-state index in [4.69, 9.17) is 0 Å². The number of nitrogens with one attached hydrogen (secondary N) is 2. The highest BCUT2D eigenvalue weighted by Crippen LogP contribution is 2.32. The SMILES string of the molecule is O=C1Cc2cnc(NC(=O)c3ccccc3)nc2-c2ccccc2N1. The smallest absolute Gasteiger partial charge is 0.258 e. The van der Waals surface area contributed by atoms with Gasteiger partial charge in [0, 0.05) is 22.9 Å². The van der Waals surface area contributed by atoms with Gasteiger partial charge in [0.15, 0.2) is 0 Å². The molecular formula is C19H14N4O2. The third-order valence-corrected chi connectivity index (χ3v) is 3.93. The van der Waals surface area contributed by atoms with Crippen molar-refractivity contribution in [3.05, 3.63) is 71.9 Å². The van der Waals surface area contributed by atoms with Crippen LogP contribution in [-0.2, 0) is 11.2 Å². The average Bonchev–Trinajstić information content (AvgIpc) is 2.78. The molecule has 0 spiro atoms. The zero-order valence-electron chi connectivity index (χ0n) is 13.2. The molecule has 0 saturated carbocycles. The fourth-order valence-corrected chi connectivity index (χ4v) is 2.76. The molecule has 0 fully saturated rings. The molecule has 6 heteroatoms. The first-order valence-corrected chi connectivity index (χ1v) is 7.82. The second-order valence-electron chi connectivity index (χ2n) is 5.66. The van der Waals surface area contributed by atoms with Crippen LogP contribution < -0.4 is 10.6 Å². The lowest BCUT2D eigenvalue weighted by Crippen LogP contribution is -2.15.